The maximum absolute atomic E-state index is 12.2. The third kappa shape index (κ3) is 2.40. The van der Waals surface area contributed by atoms with Crippen LogP contribution in [0.25, 0.3) is 0 Å². The third-order valence-corrected chi connectivity index (χ3v) is 3.66. The summed E-state index contributed by atoms with van der Waals surface area (Å²) in [5, 5.41) is 0. The van der Waals surface area contributed by atoms with Crippen LogP contribution in [0.2, 0.25) is 0 Å². The van der Waals surface area contributed by atoms with Crippen molar-refractivity contribution in [2.75, 3.05) is 13.7 Å². The van der Waals surface area contributed by atoms with Crippen LogP contribution in [0.15, 0.2) is 48.5 Å². The minimum atomic E-state index is -0.205. The van der Waals surface area contributed by atoms with Gasteiger partial charge in [0.15, 0.2) is 0 Å². The second-order valence-electron chi connectivity index (χ2n) is 4.91. The lowest BCUT2D eigenvalue weighted by Gasteiger charge is -2.13. The number of imide groups is 1. The first kappa shape index (κ1) is 13.4. The van der Waals surface area contributed by atoms with Gasteiger partial charge in [-0.25, -0.2) is 0 Å². The number of carbonyl (C=O) groups is 2. The van der Waals surface area contributed by atoms with Crippen LogP contribution in [-0.4, -0.2) is 30.4 Å². The zero-order valence-electron chi connectivity index (χ0n) is 11.7. The lowest BCUT2D eigenvalue weighted by molar-refractivity contribution is 0.0656. The van der Waals surface area contributed by atoms with Crippen molar-refractivity contribution in [1.82, 2.24) is 4.90 Å². The summed E-state index contributed by atoms with van der Waals surface area (Å²) in [6.45, 7) is 0.388. The minimum Gasteiger partial charge on any atom is -0.497 e. The fourth-order valence-electron chi connectivity index (χ4n) is 2.48. The highest BCUT2D eigenvalue weighted by atomic mass is 16.5. The molecular formula is C17H15NO3. The SMILES string of the molecule is COc1ccc(CCN2C(=O)c3ccccc3C2=O)cc1. The third-order valence-electron chi connectivity index (χ3n) is 3.66. The van der Waals surface area contributed by atoms with Gasteiger partial charge in [0.2, 0.25) is 0 Å². The van der Waals surface area contributed by atoms with Crippen molar-refractivity contribution in [3.05, 3.63) is 65.2 Å². The van der Waals surface area contributed by atoms with Crippen molar-refractivity contribution in [1.29, 1.82) is 0 Å². The summed E-state index contributed by atoms with van der Waals surface area (Å²) in [6, 6.07) is 14.6. The number of hydrogen-bond donors (Lipinski definition) is 0. The van der Waals surface area contributed by atoms with Crippen molar-refractivity contribution < 1.29 is 14.3 Å². The van der Waals surface area contributed by atoms with E-state index in [1.165, 1.54) is 4.90 Å². The lowest BCUT2D eigenvalue weighted by Crippen LogP contribution is -2.31. The molecule has 2 aromatic carbocycles. The fourth-order valence-corrected chi connectivity index (χ4v) is 2.48. The quantitative estimate of drug-likeness (QED) is 0.809. The van der Waals surface area contributed by atoms with Gasteiger partial charge in [-0.3, -0.25) is 14.5 Å². The Morgan fingerprint density at radius 3 is 2.00 bits per heavy atom. The van der Waals surface area contributed by atoms with E-state index in [0.29, 0.717) is 24.1 Å². The van der Waals surface area contributed by atoms with Crippen molar-refractivity contribution >= 4 is 11.8 Å². The van der Waals surface area contributed by atoms with Crippen LogP contribution < -0.4 is 4.74 Å². The van der Waals surface area contributed by atoms with Gasteiger partial charge >= 0.3 is 0 Å². The molecule has 0 atom stereocenters. The summed E-state index contributed by atoms with van der Waals surface area (Å²) in [7, 11) is 1.62. The smallest absolute Gasteiger partial charge is 0.261 e. The summed E-state index contributed by atoms with van der Waals surface area (Å²) in [5.41, 5.74) is 2.06. The molecule has 0 saturated carbocycles. The number of nitrogens with zero attached hydrogens (tertiary/aromatic N) is 1. The van der Waals surface area contributed by atoms with Gasteiger partial charge in [0.05, 0.1) is 18.2 Å². The predicted octanol–water partition coefficient (Wildman–Crippen LogP) is 2.53. The molecule has 1 heterocycles. The van der Waals surface area contributed by atoms with Crippen LogP contribution in [0.1, 0.15) is 26.3 Å². The number of methoxy groups -OCH3 is 1. The van der Waals surface area contributed by atoms with Crippen LogP contribution in [0.4, 0.5) is 0 Å². The fraction of sp³-hybridized carbons (Fsp3) is 0.176. The Hall–Kier alpha value is -2.62. The van der Waals surface area contributed by atoms with E-state index in [0.717, 1.165) is 11.3 Å². The zero-order valence-corrected chi connectivity index (χ0v) is 11.7. The molecule has 2 amide bonds. The number of rotatable bonds is 4. The molecule has 0 spiro atoms. The molecule has 106 valence electrons. The van der Waals surface area contributed by atoms with Crippen LogP contribution in [0.5, 0.6) is 5.75 Å². The van der Waals surface area contributed by atoms with Crippen molar-refractivity contribution in [2.45, 2.75) is 6.42 Å². The molecule has 0 N–H and O–H groups in total. The van der Waals surface area contributed by atoms with Crippen molar-refractivity contribution in [3.8, 4) is 5.75 Å². The van der Waals surface area contributed by atoms with Gasteiger partial charge in [-0.1, -0.05) is 24.3 Å². The standard InChI is InChI=1S/C17H15NO3/c1-21-13-8-6-12(7-9-13)10-11-18-16(19)14-4-2-3-5-15(14)17(18)20/h2-9H,10-11H2,1H3. The first-order valence-corrected chi connectivity index (χ1v) is 6.79. The number of hydrogen-bond acceptors (Lipinski definition) is 3. The van der Waals surface area contributed by atoms with E-state index in [2.05, 4.69) is 0 Å². The Morgan fingerprint density at radius 1 is 0.905 bits per heavy atom. The number of ether oxygens (including phenoxy) is 1. The van der Waals surface area contributed by atoms with E-state index in [-0.39, 0.29) is 11.8 Å². The maximum atomic E-state index is 12.2. The second kappa shape index (κ2) is 5.40. The van der Waals surface area contributed by atoms with Gasteiger partial charge in [0.25, 0.3) is 11.8 Å². The van der Waals surface area contributed by atoms with Gasteiger partial charge in [0.1, 0.15) is 5.75 Å². The average molecular weight is 281 g/mol. The Kier molecular flexibility index (Phi) is 3.44. The normalized spacial score (nSPS) is 13.5. The second-order valence-corrected chi connectivity index (χ2v) is 4.91. The van der Waals surface area contributed by atoms with E-state index >= 15 is 0 Å². The summed E-state index contributed by atoms with van der Waals surface area (Å²) in [4.78, 5) is 25.7. The molecule has 3 rings (SSSR count). The van der Waals surface area contributed by atoms with Crippen LogP contribution in [-0.2, 0) is 6.42 Å². The number of carbonyl (C=O) groups excluding carboxylic acids is 2. The van der Waals surface area contributed by atoms with Crippen LogP contribution >= 0.6 is 0 Å². The van der Waals surface area contributed by atoms with Gasteiger partial charge in [-0.2, -0.15) is 0 Å². The molecule has 0 aliphatic carbocycles. The van der Waals surface area contributed by atoms with Crippen molar-refractivity contribution in [2.24, 2.45) is 0 Å². The molecule has 1 aliphatic heterocycles. The molecule has 1 aliphatic rings. The topological polar surface area (TPSA) is 46.6 Å². The number of amides is 2. The molecule has 21 heavy (non-hydrogen) atoms. The van der Waals surface area contributed by atoms with E-state index in [1.807, 2.05) is 24.3 Å². The highest BCUT2D eigenvalue weighted by molar-refractivity contribution is 6.21. The minimum absolute atomic E-state index is 0.205. The van der Waals surface area contributed by atoms with Gasteiger partial charge in [-0.05, 0) is 36.2 Å². The molecule has 0 saturated heterocycles. The Labute approximate surface area is 123 Å². The van der Waals surface area contributed by atoms with Crippen LogP contribution in [0, 0.1) is 0 Å². The predicted molar refractivity (Wildman–Crippen MR) is 78.5 cm³/mol. The highest BCUT2D eigenvalue weighted by Crippen LogP contribution is 2.22. The highest BCUT2D eigenvalue weighted by Gasteiger charge is 2.34. The zero-order chi connectivity index (χ0) is 14.8. The molecule has 2 aromatic rings. The van der Waals surface area contributed by atoms with Crippen molar-refractivity contribution in [3.63, 3.8) is 0 Å². The van der Waals surface area contributed by atoms with Gasteiger partial charge in [-0.15, -0.1) is 0 Å². The Morgan fingerprint density at radius 2 is 1.48 bits per heavy atom. The van der Waals surface area contributed by atoms with E-state index in [4.69, 9.17) is 4.74 Å². The molecular weight excluding hydrogens is 266 g/mol. The molecule has 0 radical (unpaired) electrons. The van der Waals surface area contributed by atoms with Gasteiger partial charge < -0.3 is 4.74 Å². The van der Waals surface area contributed by atoms with Gasteiger partial charge in [0, 0.05) is 6.54 Å². The number of benzene rings is 2. The molecule has 0 fully saturated rings. The van der Waals surface area contributed by atoms with E-state index < -0.39 is 0 Å². The first-order valence-electron chi connectivity index (χ1n) is 6.79. The largest absolute Gasteiger partial charge is 0.497 e. The Balaban J connectivity index is 1.72. The summed E-state index contributed by atoms with van der Waals surface area (Å²) in [5.74, 6) is 0.382. The Bertz CT molecular complexity index is 656. The van der Waals surface area contributed by atoms with Crippen LogP contribution in [0.3, 0.4) is 0 Å². The monoisotopic (exact) mass is 281 g/mol. The molecule has 4 heteroatoms. The first-order chi connectivity index (χ1) is 10.2. The lowest BCUT2D eigenvalue weighted by atomic mass is 10.1. The average Bonchev–Trinajstić information content (AvgIpc) is 2.78. The molecule has 0 bridgehead atoms. The summed E-state index contributed by atoms with van der Waals surface area (Å²) in [6.07, 6.45) is 0.634. The summed E-state index contributed by atoms with van der Waals surface area (Å²) >= 11 is 0. The molecule has 0 unspecified atom stereocenters. The number of fused-ring (bicyclic) bond motifs is 1. The maximum Gasteiger partial charge on any atom is 0.261 e. The molecule has 4 nitrogen and oxygen atoms in total. The molecule has 0 aromatic heterocycles. The van der Waals surface area contributed by atoms with E-state index in [1.54, 1.807) is 31.4 Å². The summed E-state index contributed by atoms with van der Waals surface area (Å²) < 4.78 is 5.10. The van der Waals surface area contributed by atoms with E-state index in [9.17, 15) is 9.59 Å².